The zero-order valence-electron chi connectivity index (χ0n) is 35.3. The molecule has 60 heavy (non-hydrogen) atoms. The third kappa shape index (κ3) is 7.56. The highest BCUT2D eigenvalue weighted by molar-refractivity contribution is 6.06. The Morgan fingerprint density at radius 2 is 1.50 bits per heavy atom. The number of carbonyl (C=O) groups is 4. The van der Waals surface area contributed by atoms with Crippen LogP contribution in [-0.4, -0.2) is 94.9 Å². The lowest BCUT2D eigenvalue weighted by atomic mass is 9.90. The summed E-state index contributed by atoms with van der Waals surface area (Å²) in [4.78, 5) is 69.2. The van der Waals surface area contributed by atoms with E-state index in [0.717, 1.165) is 106 Å². The molecule has 2 saturated heterocycles. The first kappa shape index (κ1) is 40.8. The molecule has 4 aliphatic rings. The van der Waals surface area contributed by atoms with E-state index in [4.69, 9.17) is 24.2 Å². The van der Waals surface area contributed by atoms with Crippen LogP contribution in [0.3, 0.4) is 0 Å². The molecule has 14 heteroatoms. The van der Waals surface area contributed by atoms with Gasteiger partial charge in [-0.3, -0.25) is 14.6 Å². The predicted molar refractivity (Wildman–Crippen MR) is 228 cm³/mol. The van der Waals surface area contributed by atoms with Crippen LogP contribution in [0.15, 0.2) is 53.7 Å². The van der Waals surface area contributed by atoms with Gasteiger partial charge in [0.2, 0.25) is 11.8 Å². The molecule has 2 fully saturated rings. The van der Waals surface area contributed by atoms with Crippen molar-refractivity contribution in [2.45, 2.75) is 103 Å². The Labute approximate surface area is 350 Å². The summed E-state index contributed by atoms with van der Waals surface area (Å²) in [6.07, 6.45) is 6.03. The SMILES string of the molecule is CC[C@H](C)[C@H](NC(=O)OC)C(=O)N1CCC[C@H]1C1=Nc2ccc3cc4c(cc3c2C1)OCc1cc(-c2cnc([C@@H]3CCCN3C(=O)[C@@H](NC(=O)OC)[C@@H](C)CC)[nH]2)ccc1-4. The Bertz CT molecular complexity index is 2360. The summed E-state index contributed by atoms with van der Waals surface area (Å²) in [6, 6.07) is 13.2. The third-order valence-corrected chi connectivity index (χ3v) is 13.2. The lowest BCUT2D eigenvalue weighted by Gasteiger charge is -2.31. The summed E-state index contributed by atoms with van der Waals surface area (Å²) in [5.41, 5.74) is 8.05. The lowest BCUT2D eigenvalue weighted by Crippen LogP contribution is -2.54. The van der Waals surface area contributed by atoms with Gasteiger partial charge in [0.1, 0.15) is 30.3 Å². The number of ether oxygens (including phenoxy) is 3. The Morgan fingerprint density at radius 3 is 2.15 bits per heavy atom. The number of imidazole rings is 1. The number of likely N-dealkylation sites (tertiary alicyclic amines) is 2. The lowest BCUT2D eigenvalue weighted by molar-refractivity contribution is -0.136. The molecule has 0 saturated carbocycles. The standard InChI is InChI=1S/C46H55N7O7/c1-7-25(3)40(50-45(56)58-5)43(54)52-17-9-11-37(52)35-21-32-31-22-39-33(20-27(31)14-16-34(32)48-35)30-15-13-28(19-29(30)24-60-39)36-23-47-42(49-36)38-12-10-18-53(38)44(55)41(26(4)8-2)51-46(57)59-6/h13-16,19-20,22-23,25-26,37-38,40-41H,7-12,17-18,21,24H2,1-6H3,(H,47,49)(H,50,56)(H,51,57)/t25-,26-,37-,38-,40-,41-/m0/s1. The monoisotopic (exact) mass is 817 g/mol. The van der Waals surface area contributed by atoms with Gasteiger partial charge in [0.05, 0.1) is 43.9 Å². The fourth-order valence-corrected chi connectivity index (χ4v) is 9.33. The molecule has 0 spiro atoms. The van der Waals surface area contributed by atoms with Gasteiger partial charge in [-0.25, -0.2) is 14.6 Å². The maximum atomic E-state index is 13.9. The van der Waals surface area contributed by atoms with E-state index >= 15 is 0 Å². The van der Waals surface area contributed by atoms with Crippen molar-refractivity contribution in [1.29, 1.82) is 0 Å². The van der Waals surface area contributed by atoms with E-state index in [2.05, 4.69) is 58.1 Å². The Kier molecular flexibility index (Phi) is 11.6. The van der Waals surface area contributed by atoms with Crippen molar-refractivity contribution in [2.75, 3.05) is 27.3 Å². The second kappa shape index (κ2) is 17.0. The molecule has 0 radical (unpaired) electrons. The first-order valence-electron chi connectivity index (χ1n) is 21.3. The van der Waals surface area contributed by atoms with Gasteiger partial charge >= 0.3 is 12.2 Å². The number of aromatic nitrogens is 2. The van der Waals surface area contributed by atoms with Gasteiger partial charge in [-0.05, 0) is 94.8 Å². The molecular weight excluding hydrogens is 763 g/mol. The molecule has 8 rings (SSSR count). The molecule has 0 aliphatic carbocycles. The summed E-state index contributed by atoms with van der Waals surface area (Å²) < 4.78 is 16.1. The highest BCUT2D eigenvalue weighted by Gasteiger charge is 2.41. The van der Waals surface area contributed by atoms with Crippen LogP contribution in [0, 0.1) is 11.8 Å². The van der Waals surface area contributed by atoms with E-state index in [9.17, 15) is 19.2 Å². The van der Waals surface area contributed by atoms with Gasteiger partial charge in [0.15, 0.2) is 0 Å². The first-order chi connectivity index (χ1) is 29.0. The summed E-state index contributed by atoms with van der Waals surface area (Å²) in [7, 11) is 2.61. The average Bonchev–Trinajstić information content (AvgIpc) is 4.12. The summed E-state index contributed by atoms with van der Waals surface area (Å²) in [6.45, 7) is 9.57. The van der Waals surface area contributed by atoms with Crippen molar-refractivity contribution >= 4 is 46.2 Å². The van der Waals surface area contributed by atoms with Gasteiger partial charge in [0.25, 0.3) is 0 Å². The van der Waals surface area contributed by atoms with Crippen LogP contribution in [0.1, 0.15) is 89.2 Å². The third-order valence-electron chi connectivity index (χ3n) is 13.2. The van der Waals surface area contributed by atoms with Crippen LogP contribution >= 0.6 is 0 Å². The molecule has 0 unspecified atom stereocenters. The van der Waals surface area contributed by atoms with Gasteiger partial charge in [-0.2, -0.15) is 0 Å². The molecule has 5 heterocycles. The molecule has 14 nitrogen and oxygen atoms in total. The van der Waals surface area contributed by atoms with Crippen LogP contribution in [0.5, 0.6) is 5.75 Å². The van der Waals surface area contributed by atoms with E-state index in [1.54, 1.807) is 0 Å². The molecule has 4 aliphatic heterocycles. The number of hydrogen-bond acceptors (Lipinski definition) is 9. The second-order valence-corrected chi connectivity index (χ2v) is 16.6. The van der Waals surface area contributed by atoms with E-state index in [-0.39, 0.29) is 35.7 Å². The number of benzene rings is 3. The number of rotatable bonds is 11. The minimum absolute atomic E-state index is 0.0509. The van der Waals surface area contributed by atoms with Gasteiger partial charge < -0.3 is 39.6 Å². The average molecular weight is 818 g/mol. The highest BCUT2D eigenvalue weighted by Crippen LogP contribution is 2.45. The van der Waals surface area contributed by atoms with Gasteiger partial charge in [0, 0.05) is 30.8 Å². The smallest absolute Gasteiger partial charge is 0.407 e. The van der Waals surface area contributed by atoms with E-state index < -0.39 is 24.3 Å². The number of H-pyrrole nitrogens is 1. The number of carbonyl (C=O) groups excluding carboxylic acids is 4. The highest BCUT2D eigenvalue weighted by atomic mass is 16.5. The van der Waals surface area contributed by atoms with Crippen LogP contribution < -0.4 is 15.4 Å². The first-order valence-corrected chi connectivity index (χ1v) is 21.3. The number of amides is 4. The maximum Gasteiger partial charge on any atom is 0.407 e. The number of fused-ring (bicyclic) bond motifs is 6. The molecular formula is C46H55N7O7. The normalized spacial score (nSPS) is 19.9. The molecule has 0 bridgehead atoms. The van der Waals surface area contributed by atoms with Crippen LogP contribution in [0.2, 0.25) is 0 Å². The largest absolute Gasteiger partial charge is 0.488 e. The second-order valence-electron chi connectivity index (χ2n) is 16.6. The van der Waals surface area contributed by atoms with Crippen LogP contribution in [0.25, 0.3) is 33.2 Å². The fraction of sp³-hybridized carbons (Fsp3) is 0.478. The summed E-state index contributed by atoms with van der Waals surface area (Å²) >= 11 is 0. The van der Waals surface area contributed by atoms with Crippen molar-refractivity contribution in [2.24, 2.45) is 16.8 Å². The van der Waals surface area contributed by atoms with Crippen molar-refractivity contribution in [3.8, 4) is 28.1 Å². The number of nitrogens with zero attached hydrogens (tertiary/aromatic N) is 4. The van der Waals surface area contributed by atoms with E-state index in [1.165, 1.54) is 14.2 Å². The van der Waals surface area contributed by atoms with Crippen molar-refractivity contribution < 1.29 is 33.4 Å². The molecule has 4 aromatic rings. The zero-order chi connectivity index (χ0) is 42.2. The van der Waals surface area contributed by atoms with Crippen molar-refractivity contribution in [3.63, 3.8) is 0 Å². The summed E-state index contributed by atoms with van der Waals surface area (Å²) in [5.74, 6) is 1.21. The number of nitrogens with one attached hydrogen (secondary N) is 3. The Hall–Kier alpha value is -5.92. The van der Waals surface area contributed by atoms with Crippen LogP contribution in [-0.2, 0) is 32.1 Å². The molecule has 6 atom stereocenters. The number of aromatic amines is 1. The number of aliphatic imine (C=N–C) groups is 1. The Morgan fingerprint density at radius 1 is 0.850 bits per heavy atom. The Balaban J connectivity index is 0.997. The fourth-order valence-electron chi connectivity index (χ4n) is 9.33. The van der Waals surface area contributed by atoms with E-state index in [0.29, 0.717) is 26.1 Å². The quantitative estimate of drug-likeness (QED) is 0.139. The maximum absolute atomic E-state index is 13.9. The summed E-state index contributed by atoms with van der Waals surface area (Å²) in [5, 5.41) is 7.73. The van der Waals surface area contributed by atoms with E-state index in [1.807, 2.05) is 43.7 Å². The van der Waals surface area contributed by atoms with Crippen LogP contribution in [0.4, 0.5) is 15.3 Å². The number of hydrogen-bond donors (Lipinski definition) is 3. The van der Waals surface area contributed by atoms with Crippen molar-refractivity contribution in [3.05, 3.63) is 65.6 Å². The molecule has 3 N–H and O–H groups in total. The zero-order valence-corrected chi connectivity index (χ0v) is 35.3. The molecule has 4 amide bonds. The number of methoxy groups -OCH3 is 2. The predicted octanol–water partition coefficient (Wildman–Crippen LogP) is 7.61. The van der Waals surface area contributed by atoms with Gasteiger partial charge in [-0.1, -0.05) is 58.7 Å². The van der Waals surface area contributed by atoms with Crippen molar-refractivity contribution in [1.82, 2.24) is 30.4 Å². The molecule has 316 valence electrons. The van der Waals surface area contributed by atoms with Gasteiger partial charge in [-0.15, -0.1) is 0 Å². The minimum Gasteiger partial charge on any atom is -0.488 e. The number of alkyl carbamates (subject to hydrolysis) is 2. The molecule has 3 aromatic carbocycles. The minimum atomic E-state index is -0.684. The topological polar surface area (TPSA) is 168 Å². The molecule has 1 aromatic heterocycles.